The van der Waals surface area contributed by atoms with Crippen LogP contribution in [0.5, 0.6) is 0 Å². The largest absolute Gasteiger partial charge is 0.305 e. The Hall–Kier alpha value is -1.86. The Morgan fingerprint density at radius 1 is 1.07 bits per heavy atom. The Morgan fingerprint density at radius 2 is 1.89 bits per heavy atom. The van der Waals surface area contributed by atoms with E-state index < -0.39 is 0 Å². The number of benzene rings is 2. The summed E-state index contributed by atoms with van der Waals surface area (Å²) in [6.45, 7) is 2.11. The number of halogens is 2. The molecule has 8 heteroatoms. The highest BCUT2D eigenvalue weighted by atomic mass is 35.5. The van der Waals surface area contributed by atoms with Gasteiger partial charge in [0.2, 0.25) is 0 Å². The van der Waals surface area contributed by atoms with Crippen LogP contribution in [0.15, 0.2) is 53.0 Å². The molecule has 0 atom stereocenters. The van der Waals surface area contributed by atoms with Crippen molar-refractivity contribution in [3.63, 3.8) is 0 Å². The first kappa shape index (κ1) is 19.5. The number of thioether (sulfide) groups is 1. The Kier molecular flexibility index (Phi) is 5.73. The fourth-order valence-corrected chi connectivity index (χ4v) is 5.11. The fourth-order valence-electron chi connectivity index (χ4n) is 2.79. The van der Waals surface area contributed by atoms with E-state index in [0.717, 1.165) is 27.2 Å². The predicted molar refractivity (Wildman–Crippen MR) is 118 cm³/mol. The topological polar surface area (TPSA) is 43.6 Å². The number of hydrogen-bond acceptors (Lipinski definition) is 5. The van der Waals surface area contributed by atoms with Crippen LogP contribution in [0.1, 0.15) is 11.3 Å². The smallest absolute Gasteiger partial charge is 0.191 e. The third-order valence-electron chi connectivity index (χ3n) is 4.28. The summed E-state index contributed by atoms with van der Waals surface area (Å²) in [5.41, 5.74) is 4.25. The molecule has 2 aromatic carbocycles. The lowest BCUT2D eigenvalue weighted by Gasteiger charge is -2.05. The minimum Gasteiger partial charge on any atom is -0.305 e. The molecule has 0 unspecified atom stereocenters. The predicted octanol–water partition coefficient (Wildman–Crippen LogP) is 6.51. The van der Waals surface area contributed by atoms with Gasteiger partial charge in [-0.25, -0.2) is 4.98 Å². The summed E-state index contributed by atoms with van der Waals surface area (Å²) in [4.78, 5) is 4.78. The molecule has 28 heavy (non-hydrogen) atoms. The lowest BCUT2D eigenvalue weighted by molar-refractivity contribution is 0.793. The number of aromatic nitrogens is 4. The second kappa shape index (κ2) is 8.25. The van der Waals surface area contributed by atoms with E-state index in [0.29, 0.717) is 15.9 Å². The summed E-state index contributed by atoms with van der Waals surface area (Å²) in [5.74, 6) is 1.44. The van der Waals surface area contributed by atoms with Crippen LogP contribution in [0, 0.1) is 6.92 Å². The average molecular weight is 447 g/mol. The molecule has 4 aromatic rings. The Bertz CT molecular complexity index is 1140. The van der Waals surface area contributed by atoms with Gasteiger partial charge in [0, 0.05) is 34.3 Å². The second-order valence-corrected chi connectivity index (χ2v) is 8.88. The molecular weight excluding hydrogens is 431 g/mol. The summed E-state index contributed by atoms with van der Waals surface area (Å²) in [7, 11) is 1.93. The Balaban J connectivity index is 1.51. The van der Waals surface area contributed by atoms with Crippen molar-refractivity contribution in [3.8, 4) is 22.0 Å². The molecule has 0 aliphatic rings. The molecule has 0 amide bonds. The molecule has 0 aliphatic carbocycles. The van der Waals surface area contributed by atoms with Gasteiger partial charge in [-0.3, -0.25) is 0 Å². The summed E-state index contributed by atoms with van der Waals surface area (Å²) in [5, 5.41) is 13.7. The molecule has 0 saturated carbocycles. The summed E-state index contributed by atoms with van der Waals surface area (Å²) in [6, 6.07) is 13.7. The van der Waals surface area contributed by atoms with Crippen LogP contribution in [0.4, 0.5) is 0 Å². The summed E-state index contributed by atoms with van der Waals surface area (Å²) in [6.07, 6.45) is 0. The maximum atomic E-state index is 6.31. The number of thiazole rings is 1. The third kappa shape index (κ3) is 3.96. The molecule has 142 valence electrons. The molecule has 0 fully saturated rings. The van der Waals surface area contributed by atoms with Gasteiger partial charge in [0.05, 0.1) is 10.7 Å². The minimum absolute atomic E-state index is 0.557. The van der Waals surface area contributed by atoms with E-state index in [-0.39, 0.29) is 0 Å². The number of hydrogen-bond donors (Lipinski definition) is 0. The van der Waals surface area contributed by atoms with Gasteiger partial charge >= 0.3 is 0 Å². The molecule has 0 bridgehead atoms. The maximum Gasteiger partial charge on any atom is 0.191 e. The van der Waals surface area contributed by atoms with Gasteiger partial charge in [-0.2, -0.15) is 0 Å². The lowest BCUT2D eigenvalue weighted by atomic mass is 10.1. The van der Waals surface area contributed by atoms with Crippen molar-refractivity contribution in [1.82, 2.24) is 19.7 Å². The minimum atomic E-state index is 0.557. The normalized spacial score (nSPS) is 11.1. The van der Waals surface area contributed by atoms with Crippen molar-refractivity contribution in [2.45, 2.75) is 17.8 Å². The van der Waals surface area contributed by atoms with Gasteiger partial charge < -0.3 is 4.57 Å². The molecule has 4 nitrogen and oxygen atoms in total. The SMILES string of the molecule is Cc1ccccc1-c1nc(CSc2nnc(-c3ccc(Cl)cc3Cl)n2C)cs1. The van der Waals surface area contributed by atoms with E-state index >= 15 is 0 Å². The van der Waals surface area contributed by atoms with Crippen molar-refractivity contribution in [2.24, 2.45) is 7.05 Å². The number of rotatable bonds is 5. The molecule has 2 heterocycles. The standard InChI is InChI=1S/C20H16Cl2N4S2/c1-12-5-3-4-6-15(12)19-23-14(10-27-19)11-28-20-25-24-18(26(20)2)16-8-7-13(21)9-17(16)22/h3-10H,11H2,1-2H3. The van der Waals surface area contributed by atoms with Gasteiger partial charge in [0.15, 0.2) is 11.0 Å². The Labute approximate surface area is 181 Å². The molecule has 4 rings (SSSR count). The zero-order valence-corrected chi connectivity index (χ0v) is 18.3. The molecule has 0 radical (unpaired) electrons. The van der Waals surface area contributed by atoms with Crippen LogP contribution in [0.2, 0.25) is 10.0 Å². The van der Waals surface area contributed by atoms with Crippen molar-refractivity contribution in [1.29, 1.82) is 0 Å². The van der Waals surface area contributed by atoms with Crippen molar-refractivity contribution in [3.05, 3.63) is 69.1 Å². The first-order valence-electron chi connectivity index (χ1n) is 8.51. The second-order valence-electron chi connectivity index (χ2n) is 6.24. The monoisotopic (exact) mass is 446 g/mol. The van der Waals surface area contributed by atoms with Crippen LogP contribution >= 0.6 is 46.3 Å². The van der Waals surface area contributed by atoms with E-state index in [1.807, 2.05) is 29.8 Å². The summed E-state index contributed by atoms with van der Waals surface area (Å²) >= 11 is 15.6. The van der Waals surface area contributed by atoms with Crippen LogP contribution in [-0.2, 0) is 12.8 Å². The van der Waals surface area contributed by atoms with Gasteiger partial charge in [0.25, 0.3) is 0 Å². The van der Waals surface area contributed by atoms with E-state index in [1.165, 1.54) is 11.1 Å². The van der Waals surface area contributed by atoms with Crippen LogP contribution in [-0.4, -0.2) is 19.7 Å². The molecule has 2 aromatic heterocycles. The highest BCUT2D eigenvalue weighted by molar-refractivity contribution is 7.98. The maximum absolute atomic E-state index is 6.31. The number of nitrogens with zero attached hydrogens (tertiary/aromatic N) is 4. The van der Waals surface area contributed by atoms with Crippen LogP contribution in [0.25, 0.3) is 22.0 Å². The highest BCUT2D eigenvalue weighted by Crippen LogP contribution is 2.32. The van der Waals surface area contributed by atoms with Gasteiger partial charge in [0.1, 0.15) is 5.01 Å². The molecule has 0 N–H and O–H groups in total. The third-order valence-corrected chi connectivity index (χ3v) is 6.81. The van der Waals surface area contributed by atoms with Crippen molar-refractivity contribution < 1.29 is 0 Å². The van der Waals surface area contributed by atoms with Crippen molar-refractivity contribution in [2.75, 3.05) is 0 Å². The quantitative estimate of drug-likeness (QED) is 0.327. The van der Waals surface area contributed by atoms with Gasteiger partial charge in [-0.05, 0) is 30.7 Å². The lowest BCUT2D eigenvalue weighted by Crippen LogP contribution is -1.95. The van der Waals surface area contributed by atoms with E-state index in [1.54, 1.807) is 35.2 Å². The zero-order chi connectivity index (χ0) is 19.7. The van der Waals surface area contributed by atoms with E-state index in [4.69, 9.17) is 28.2 Å². The molecule has 0 spiro atoms. The van der Waals surface area contributed by atoms with E-state index in [9.17, 15) is 0 Å². The van der Waals surface area contributed by atoms with E-state index in [2.05, 4.69) is 34.6 Å². The van der Waals surface area contributed by atoms with Crippen LogP contribution < -0.4 is 0 Å². The van der Waals surface area contributed by atoms with Crippen molar-refractivity contribution >= 4 is 46.3 Å². The Morgan fingerprint density at radius 3 is 2.68 bits per heavy atom. The van der Waals surface area contributed by atoms with Gasteiger partial charge in [-0.1, -0.05) is 59.2 Å². The molecule has 0 saturated heterocycles. The van der Waals surface area contributed by atoms with Crippen LogP contribution in [0.3, 0.4) is 0 Å². The summed E-state index contributed by atoms with van der Waals surface area (Å²) < 4.78 is 1.94. The van der Waals surface area contributed by atoms with Gasteiger partial charge in [-0.15, -0.1) is 21.5 Å². The average Bonchev–Trinajstić information content (AvgIpc) is 3.28. The first-order chi connectivity index (χ1) is 13.5. The molecular formula is C20H16Cl2N4S2. The highest BCUT2D eigenvalue weighted by Gasteiger charge is 2.15. The zero-order valence-electron chi connectivity index (χ0n) is 15.2. The number of aryl methyl sites for hydroxylation is 1. The fraction of sp³-hybridized carbons (Fsp3) is 0.150. The first-order valence-corrected chi connectivity index (χ1v) is 11.1. The molecule has 0 aliphatic heterocycles.